The maximum absolute atomic E-state index is 11.7. The second-order valence-electron chi connectivity index (χ2n) is 7.36. The Morgan fingerprint density at radius 2 is 1.67 bits per heavy atom. The second kappa shape index (κ2) is 7.49. The smallest absolute Gasteiger partial charge is 0.251 e. The molecule has 4 nitrogen and oxygen atoms in total. The normalized spacial score (nSPS) is 15.8. The molecule has 4 heteroatoms. The first kappa shape index (κ1) is 17.7. The lowest BCUT2D eigenvalue weighted by atomic mass is 9.98. The monoisotopic (exact) mass is 359 g/mol. The molecule has 0 bridgehead atoms. The molecule has 2 aromatic carbocycles. The number of aromatic amines is 1. The minimum atomic E-state index is -0.120. The fourth-order valence-corrected chi connectivity index (χ4v) is 3.85. The zero-order valence-electron chi connectivity index (χ0n) is 15.9. The van der Waals surface area contributed by atoms with Crippen LogP contribution in [0, 0.1) is 6.92 Å². The minimum Gasteiger partial charge on any atom is -0.307 e. The van der Waals surface area contributed by atoms with Crippen molar-refractivity contribution in [1.82, 2.24) is 14.9 Å². The van der Waals surface area contributed by atoms with Gasteiger partial charge in [0.15, 0.2) is 0 Å². The summed E-state index contributed by atoms with van der Waals surface area (Å²) in [7, 11) is 0. The van der Waals surface area contributed by atoms with Gasteiger partial charge in [-0.05, 0) is 62.5 Å². The van der Waals surface area contributed by atoms with Crippen LogP contribution < -0.4 is 5.56 Å². The summed E-state index contributed by atoms with van der Waals surface area (Å²) >= 11 is 0. The molecule has 1 N–H and O–H groups in total. The van der Waals surface area contributed by atoms with Crippen molar-refractivity contribution in [3.05, 3.63) is 76.2 Å². The summed E-state index contributed by atoms with van der Waals surface area (Å²) in [6.45, 7) is 6.52. The van der Waals surface area contributed by atoms with Crippen LogP contribution in [0.2, 0.25) is 0 Å². The van der Waals surface area contributed by atoms with Gasteiger partial charge in [-0.1, -0.05) is 42.5 Å². The van der Waals surface area contributed by atoms with Crippen LogP contribution in [-0.2, 0) is 0 Å². The predicted octanol–water partition coefficient (Wildman–Crippen LogP) is 4.57. The molecule has 0 spiro atoms. The van der Waals surface area contributed by atoms with Gasteiger partial charge in [0.1, 0.15) is 5.82 Å². The average Bonchev–Trinajstić information content (AvgIpc) is 3.22. The van der Waals surface area contributed by atoms with Gasteiger partial charge < -0.3 is 4.98 Å². The van der Waals surface area contributed by atoms with E-state index in [0.29, 0.717) is 11.9 Å². The zero-order chi connectivity index (χ0) is 18.8. The molecule has 0 saturated carbocycles. The first-order valence-corrected chi connectivity index (χ1v) is 9.63. The summed E-state index contributed by atoms with van der Waals surface area (Å²) < 4.78 is 0. The lowest BCUT2D eigenvalue weighted by Crippen LogP contribution is -2.23. The number of nitrogens with one attached hydrogen (secondary N) is 1. The molecule has 1 aliphatic heterocycles. The molecule has 2 heterocycles. The molecular weight excluding hydrogens is 334 g/mol. The highest BCUT2D eigenvalue weighted by Gasteiger charge is 2.19. The van der Waals surface area contributed by atoms with Crippen molar-refractivity contribution < 1.29 is 0 Å². The molecule has 0 amide bonds. The highest BCUT2D eigenvalue weighted by atomic mass is 16.1. The van der Waals surface area contributed by atoms with E-state index in [1.54, 1.807) is 0 Å². The van der Waals surface area contributed by atoms with Crippen LogP contribution in [0.5, 0.6) is 0 Å². The van der Waals surface area contributed by atoms with E-state index in [0.717, 1.165) is 11.3 Å². The third-order valence-corrected chi connectivity index (χ3v) is 5.42. The molecule has 0 aliphatic carbocycles. The quantitative estimate of drug-likeness (QED) is 0.742. The summed E-state index contributed by atoms with van der Waals surface area (Å²) in [6, 6.07) is 19.0. The van der Waals surface area contributed by atoms with Crippen LogP contribution in [0.3, 0.4) is 0 Å². The summed E-state index contributed by atoms with van der Waals surface area (Å²) in [4.78, 5) is 21.5. The minimum absolute atomic E-state index is 0.120. The number of nitrogens with zero attached hydrogens (tertiary/aromatic N) is 2. The highest BCUT2D eigenvalue weighted by molar-refractivity contribution is 5.68. The van der Waals surface area contributed by atoms with E-state index in [2.05, 4.69) is 58.2 Å². The van der Waals surface area contributed by atoms with E-state index in [4.69, 9.17) is 0 Å². The van der Waals surface area contributed by atoms with Gasteiger partial charge in [0.25, 0.3) is 5.56 Å². The molecule has 27 heavy (non-hydrogen) atoms. The van der Waals surface area contributed by atoms with Crippen LogP contribution in [0.15, 0.2) is 59.4 Å². The Morgan fingerprint density at radius 1 is 0.963 bits per heavy atom. The number of rotatable bonds is 4. The van der Waals surface area contributed by atoms with E-state index >= 15 is 0 Å². The van der Waals surface area contributed by atoms with Crippen LogP contribution in [0.25, 0.3) is 22.5 Å². The van der Waals surface area contributed by atoms with Gasteiger partial charge in [-0.25, -0.2) is 4.98 Å². The Bertz CT molecular complexity index is 985. The molecule has 1 atom stereocenters. The van der Waals surface area contributed by atoms with Gasteiger partial charge in [-0.2, -0.15) is 0 Å². The van der Waals surface area contributed by atoms with Crippen molar-refractivity contribution in [3.63, 3.8) is 0 Å². The molecule has 4 rings (SSSR count). The molecular formula is C23H25N3O. The SMILES string of the molecule is Cc1cc(=O)[nH]c(-c2ccc(-c3cccc([C@@H](C)N4CCCC4)c3)cc2)n1. The second-order valence-corrected chi connectivity index (χ2v) is 7.36. The molecule has 0 radical (unpaired) electrons. The van der Waals surface area contributed by atoms with Gasteiger partial charge >= 0.3 is 0 Å². The van der Waals surface area contributed by atoms with Crippen LogP contribution in [-0.4, -0.2) is 28.0 Å². The largest absolute Gasteiger partial charge is 0.307 e. The molecule has 3 aromatic rings. The number of benzene rings is 2. The number of H-pyrrole nitrogens is 1. The molecule has 0 unspecified atom stereocenters. The average molecular weight is 359 g/mol. The van der Waals surface area contributed by atoms with Crippen molar-refractivity contribution in [3.8, 4) is 22.5 Å². The lowest BCUT2D eigenvalue weighted by Gasteiger charge is -2.24. The van der Waals surface area contributed by atoms with Crippen molar-refractivity contribution in [2.24, 2.45) is 0 Å². The molecule has 138 valence electrons. The Hall–Kier alpha value is -2.72. The lowest BCUT2D eigenvalue weighted by molar-refractivity contribution is 0.263. The third-order valence-electron chi connectivity index (χ3n) is 5.42. The van der Waals surface area contributed by atoms with E-state index in [-0.39, 0.29) is 5.56 Å². The fourth-order valence-electron chi connectivity index (χ4n) is 3.85. The number of aromatic nitrogens is 2. The van der Waals surface area contributed by atoms with Crippen LogP contribution in [0.1, 0.15) is 37.1 Å². The van der Waals surface area contributed by atoms with Crippen molar-refractivity contribution in [1.29, 1.82) is 0 Å². The Labute approximate surface area is 159 Å². The predicted molar refractivity (Wildman–Crippen MR) is 110 cm³/mol. The first-order chi connectivity index (χ1) is 13.1. The van der Waals surface area contributed by atoms with Crippen molar-refractivity contribution in [2.75, 3.05) is 13.1 Å². The number of likely N-dealkylation sites (tertiary alicyclic amines) is 1. The Kier molecular flexibility index (Phi) is 4.90. The highest BCUT2D eigenvalue weighted by Crippen LogP contribution is 2.29. The maximum atomic E-state index is 11.7. The zero-order valence-corrected chi connectivity index (χ0v) is 15.9. The number of hydrogen-bond acceptors (Lipinski definition) is 3. The van der Waals surface area contributed by atoms with Crippen molar-refractivity contribution in [2.45, 2.75) is 32.7 Å². The molecule has 1 aromatic heterocycles. The van der Waals surface area contributed by atoms with Gasteiger partial charge in [0.05, 0.1) is 0 Å². The number of hydrogen-bond donors (Lipinski definition) is 1. The van der Waals surface area contributed by atoms with Crippen LogP contribution in [0.4, 0.5) is 0 Å². The maximum Gasteiger partial charge on any atom is 0.251 e. The van der Waals surface area contributed by atoms with Gasteiger partial charge in [0, 0.05) is 23.4 Å². The van der Waals surface area contributed by atoms with Crippen molar-refractivity contribution >= 4 is 0 Å². The summed E-state index contributed by atoms with van der Waals surface area (Å²) in [5.74, 6) is 0.614. The van der Waals surface area contributed by atoms with E-state index in [9.17, 15) is 4.79 Å². The summed E-state index contributed by atoms with van der Waals surface area (Å²) in [5.41, 5.74) is 5.27. The molecule has 1 aliphatic rings. The van der Waals surface area contributed by atoms with Gasteiger partial charge in [0.2, 0.25) is 0 Å². The molecule has 1 fully saturated rings. The standard InChI is InChI=1S/C23H25N3O/c1-16-14-22(27)25-23(24-16)19-10-8-18(9-11-19)21-7-5-6-20(15-21)17(2)26-12-3-4-13-26/h5-11,14-15,17H,3-4,12-13H2,1-2H3,(H,24,25,27)/t17-/m1/s1. The van der Waals surface area contributed by atoms with E-state index in [1.807, 2.05) is 19.1 Å². The first-order valence-electron chi connectivity index (χ1n) is 9.63. The van der Waals surface area contributed by atoms with E-state index < -0.39 is 0 Å². The number of aryl methyl sites for hydroxylation is 1. The van der Waals surface area contributed by atoms with E-state index in [1.165, 1.54) is 48.7 Å². The summed E-state index contributed by atoms with van der Waals surface area (Å²) in [5, 5.41) is 0. The third kappa shape index (κ3) is 3.86. The van der Waals surface area contributed by atoms with Gasteiger partial charge in [-0.3, -0.25) is 9.69 Å². The molecule has 1 saturated heterocycles. The Balaban J connectivity index is 1.60. The topological polar surface area (TPSA) is 49.0 Å². The Morgan fingerprint density at radius 3 is 2.37 bits per heavy atom. The van der Waals surface area contributed by atoms with Gasteiger partial charge in [-0.15, -0.1) is 0 Å². The summed E-state index contributed by atoms with van der Waals surface area (Å²) in [6.07, 6.45) is 2.61. The van der Waals surface area contributed by atoms with Crippen LogP contribution >= 0.6 is 0 Å². The fraction of sp³-hybridized carbons (Fsp3) is 0.304.